The monoisotopic (exact) mass is 406 g/mol. The van der Waals surface area contributed by atoms with Gasteiger partial charge in [0.05, 0.1) is 7.11 Å². The normalized spacial score (nSPS) is 11.6. The maximum Gasteiger partial charge on any atom is 0.331 e. The molecule has 0 aliphatic rings. The molecular formula is C24H26N2O4. The molecule has 156 valence electrons. The van der Waals surface area contributed by atoms with Crippen molar-refractivity contribution >= 4 is 22.8 Å². The van der Waals surface area contributed by atoms with Gasteiger partial charge in [0.25, 0.3) is 5.91 Å². The van der Waals surface area contributed by atoms with Gasteiger partial charge in [-0.1, -0.05) is 35.9 Å². The first-order valence-corrected chi connectivity index (χ1v) is 9.76. The molecule has 0 aliphatic heterocycles. The fraction of sp³-hybridized carbons (Fsp3) is 0.250. The van der Waals surface area contributed by atoms with Gasteiger partial charge >= 0.3 is 5.97 Å². The molecule has 0 unspecified atom stereocenters. The standard InChI is InChI=1S/C24H26N2O4/c1-16(2)12-24(28)30-15-23(27)26-13-20(17-8-10-18(29-3)11-9-17)21-14-25-22-7-5-4-6-19(21)22/h4-12,14,20,25H,13,15H2,1-3H3,(H,26,27)/t20-/m0/s1. The van der Waals surface area contributed by atoms with E-state index in [1.807, 2.05) is 48.7 Å². The van der Waals surface area contributed by atoms with Crippen molar-refractivity contribution in [1.82, 2.24) is 10.3 Å². The molecule has 6 heteroatoms. The van der Waals surface area contributed by atoms with Gasteiger partial charge in [-0.3, -0.25) is 4.79 Å². The SMILES string of the molecule is COc1ccc([C@H](CNC(=O)COC(=O)C=C(C)C)c2c[nH]c3ccccc23)cc1. The zero-order valence-electron chi connectivity index (χ0n) is 17.4. The highest BCUT2D eigenvalue weighted by molar-refractivity contribution is 5.86. The van der Waals surface area contributed by atoms with E-state index in [1.54, 1.807) is 21.0 Å². The van der Waals surface area contributed by atoms with Gasteiger partial charge < -0.3 is 19.8 Å². The molecule has 1 amide bonds. The Balaban J connectivity index is 1.77. The van der Waals surface area contributed by atoms with Crippen LogP contribution in [0.25, 0.3) is 10.9 Å². The van der Waals surface area contributed by atoms with E-state index in [9.17, 15) is 9.59 Å². The summed E-state index contributed by atoms with van der Waals surface area (Å²) in [6.45, 7) is 3.64. The first-order chi connectivity index (χ1) is 14.5. The number of aromatic nitrogens is 1. The van der Waals surface area contributed by atoms with Crippen LogP contribution in [-0.4, -0.2) is 37.1 Å². The van der Waals surface area contributed by atoms with Gasteiger partial charge in [0, 0.05) is 35.6 Å². The number of aromatic amines is 1. The lowest BCUT2D eigenvalue weighted by Crippen LogP contribution is -2.32. The number of hydrogen-bond acceptors (Lipinski definition) is 4. The number of nitrogens with one attached hydrogen (secondary N) is 2. The second kappa shape index (κ2) is 9.78. The number of rotatable bonds is 8. The fourth-order valence-corrected chi connectivity index (χ4v) is 3.31. The molecule has 0 spiro atoms. The molecule has 0 aliphatic carbocycles. The van der Waals surface area contributed by atoms with Crippen LogP contribution in [0.5, 0.6) is 5.75 Å². The average Bonchev–Trinajstić information content (AvgIpc) is 3.16. The predicted octanol–water partition coefficient (Wildman–Crippen LogP) is 3.93. The summed E-state index contributed by atoms with van der Waals surface area (Å²) >= 11 is 0. The molecular weight excluding hydrogens is 380 g/mol. The van der Waals surface area contributed by atoms with Crippen molar-refractivity contribution in [3.8, 4) is 5.75 Å². The fourth-order valence-electron chi connectivity index (χ4n) is 3.31. The summed E-state index contributed by atoms with van der Waals surface area (Å²) in [5.41, 5.74) is 3.98. The van der Waals surface area contributed by atoms with Crippen LogP contribution in [0, 0.1) is 0 Å². The smallest absolute Gasteiger partial charge is 0.331 e. The number of ether oxygens (including phenoxy) is 2. The highest BCUT2D eigenvalue weighted by atomic mass is 16.5. The van der Waals surface area contributed by atoms with Crippen LogP contribution < -0.4 is 10.1 Å². The largest absolute Gasteiger partial charge is 0.497 e. The van der Waals surface area contributed by atoms with Gasteiger partial charge in [-0.25, -0.2) is 4.79 Å². The number of H-pyrrole nitrogens is 1. The summed E-state index contributed by atoms with van der Waals surface area (Å²) < 4.78 is 10.3. The van der Waals surface area contributed by atoms with Crippen LogP contribution in [0.15, 0.2) is 66.4 Å². The van der Waals surface area contributed by atoms with Crippen molar-refractivity contribution in [1.29, 1.82) is 0 Å². The topological polar surface area (TPSA) is 80.4 Å². The van der Waals surface area contributed by atoms with Crippen LogP contribution in [0.4, 0.5) is 0 Å². The van der Waals surface area contributed by atoms with E-state index < -0.39 is 5.97 Å². The zero-order valence-corrected chi connectivity index (χ0v) is 17.4. The van der Waals surface area contributed by atoms with Gasteiger partial charge in [-0.05, 0) is 43.2 Å². The Kier molecular flexibility index (Phi) is 6.91. The quantitative estimate of drug-likeness (QED) is 0.439. The third kappa shape index (κ3) is 5.29. The average molecular weight is 406 g/mol. The van der Waals surface area contributed by atoms with Crippen molar-refractivity contribution in [2.45, 2.75) is 19.8 Å². The van der Waals surface area contributed by atoms with Gasteiger partial charge in [-0.2, -0.15) is 0 Å². The van der Waals surface area contributed by atoms with Crippen LogP contribution in [0.3, 0.4) is 0 Å². The Hall–Kier alpha value is -3.54. The third-order valence-electron chi connectivity index (χ3n) is 4.77. The molecule has 0 saturated carbocycles. The number of methoxy groups -OCH3 is 1. The van der Waals surface area contributed by atoms with E-state index in [4.69, 9.17) is 9.47 Å². The molecule has 0 saturated heterocycles. The summed E-state index contributed by atoms with van der Waals surface area (Å²) in [7, 11) is 1.63. The Morgan fingerprint density at radius 3 is 2.53 bits per heavy atom. The Morgan fingerprint density at radius 1 is 1.10 bits per heavy atom. The molecule has 1 heterocycles. The molecule has 2 aromatic carbocycles. The minimum absolute atomic E-state index is 0.0792. The van der Waals surface area contributed by atoms with Gasteiger partial charge in [-0.15, -0.1) is 0 Å². The number of amides is 1. The van der Waals surface area contributed by atoms with Crippen molar-refractivity contribution in [3.63, 3.8) is 0 Å². The Morgan fingerprint density at radius 2 is 1.83 bits per heavy atom. The first-order valence-electron chi connectivity index (χ1n) is 9.76. The highest BCUT2D eigenvalue weighted by Gasteiger charge is 2.19. The summed E-state index contributed by atoms with van der Waals surface area (Å²) in [5.74, 6) is -0.173. The van der Waals surface area contributed by atoms with Crippen LogP contribution in [0.1, 0.15) is 30.9 Å². The number of hydrogen-bond donors (Lipinski definition) is 2. The van der Waals surface area contributed by atoms with Gasteiger partial charge in [0.15, 0.2) is 6.61 Å². The lowest BCUT2D eigenvalue weighted by atomic mass is 9.91. The summed E-state index contributed by atoms with van der Waals surface area (Å²) in [6.07, 6.45) is 3.33. The van der Waals surface area contributed by atoms with Crippen LogP contribution >= 0.6 is 0 Å². The molecule has 1 aromatic heterocycles. The van der Waals surface area contributed by atoms with E-state index in [1.165, 1.54) is 6.08 Å². The van der Waals surface area contributed by atoms with E-state index in [-0.39, 0.29) is 18.4 Å². The van der Waals surface area contributed by atoms with E-state index in [2.05, 4.69) is 16.4 Å². The minimum atomic E-state index is -0.520. The molecule has 2 N–H and O–H groups in total. The maximum atomic E-state index is 12.3. The third-order valence-corrected chi connectivity index (χ3v) is 4.77. The van der Waals surface area contributed by atoms with E-state index >= 15 is 0 Å². The number of allylic oxidation sites excluding steroid dienone is 1. The van der Waals surface area contributed by atoms with Crippen molar-refractivity contribution in [2.75, 3.05) is 20.3 Å². The van der Waals surface area contributed by atoms with Gasteiger partial charge in [0.1, 0.15) is 5.75 Å². The molecule has 0 radical (unpaired) electrons. The number of carbonyl (C=O) groups is 2. The zero-order chi connectivity index (χ0) is 21.5. The second-order valence-electron chi connectivity index (χ2n) is 7.25. The molecule has 0 fully saturated rings. The molecule has 1 atom stereocenters. The molecule has 3 rings (SSSR count). The van der Waals surface area contributed by atoms with Crippen molar-refractivity contribution < 1.29 is 19.1 Å². The van der Waals surface area contributed by atoms with Crippen LogP contribution in [0.2, 0.25) is 0 Å². The van der Waals surface area contributed by atoms with Crippen LogP contribution in [-0.2, 0) is 14.3 Å². The molecule has 0 bridgehead atoms. The Bertz CT molecular complexity index is 1050. The summed E-state index contributed by atoms with van der Waals surface area (Å²) in [4.78, 5) is 27.2. The maximum absolute atomic E-state index is 12.3. The van der Waals surface area contributed by atoms with Gasteiger partial charge in [0.2, 0.25) is 0 Å². The lowest BCUT2D eigenvalue weighted by molar-refractivity contribution is -0.143. The van der Waals surface area contributed by atoms with Crippen molar-refractivity contribution in [3.05, 3.63) is 77.5 Å². The number of carbonyl (C=O) groups excluding carboxylic acids is 2. The number of para-hydroxylation sites is 1. The highest BCUT2D eigenvalue weighted by Crippen LogP contribution is 2.31. The number of fused-ring (bicyclic) bond motifs is 1. The number of esters is 1. The van der Waals surface area contributed by atoms with Crippen molar-refractivity contribution in [2.24, 2.45) is 0 Å². The number of benzene rings is 2. The molecule has 3 aromatic rings. The minimum Gasteiger partial charge on any atom is -0.497 e. The summed E-state index contributed by atoms with van der Waals surface area (Å²) in [6, 6.07) is 15.8. The van der Waals surface area contributed by atoms with E-state index in [0.29, 0.717) is 6.54 Å². The Labute approximate surface area is 175 Å². The molecule has 30 heavy (non-hydrogen) atoms. The van der Waals surface area contributed by atoms with E-state index in [0.717, 1.165) is 33.4 Å². The first kappa shape index (κ1) is 21.2. The predicted molar refractivity (Wildman–Crippen MR) is 117 cm³/mol. The molecule has 6 nitrogen and oxygen atoms in total. The summed E-state index contributed by atoms with van der Waals surface area (Å²) in [5, 5.41) is 3.99. The lowest BCUT2D eigenvalue weighted by Gasteiger charge is -2.18. The second-order valence-corrected chi connectivity index (χ2v) is 7.25.